The first-order valence-corrected chi connectivity index (χ1v) is 14.9. The molecule has 0 aromatic heterocycles. The van der Waals surface area contributed by atoms with Crippen LogP contribution in [0.4, 0.5) is 4.79 Å². The maximum atomic E-state index is 12.9. The first-order chi connectivity index (χ1) is 22.0. The summed E-state index contributed by atoms with van der Waals surface area (Å²) < 4.78 is 17.8. The number of hydrogen-bond acceptors (Lipinski definition) is 5. The van der Waals surface area contributed by atoms with E-state index in [0.717, 1.165) is 33.4 Å². The van der Waals surface area contributed by atoms with Crippen LogP contribution in [0.1, 0.15) is 33.7 Å². The summed E-state index contributed by atoms with van der Waals surface area (Å²) in [7, 11) is 0. The molecule has 0 radical (unpaired) electrons. The first-order valence-electron chi connectivity index (χ1n) is 14.9. The molecule has 0 spiro atoms. The third-order valence-corrected chi connectivity index (χ3v) is 7.86. The van der Waals surface area contributed by atoms with Gasteiger partial charge in [0.25, 0.3) is 0 Å². The van der Waals surface area contributed by atoms with Crippen molar-refractivity contribution in [3.05, 3.63) is 155 Å². The molecule has 226 valence electrons. The summed E-state index contributed by atoms with van der Waals surface area (Å²) in [5.41, 5.74) is 7.05. The van der Waals surface area contributed by atoms with Crippen molar-refractivity contribution >= 4 is 12.1 Å². The molecular formula is C38H33NO6. The van der Waals surface area contributed by atoms with Crippen molar-refractivity contribution in [3.8, 4) is 22.6 Å². The van der Waals surface area contributed by atoms with E-state index in [-0.39, 0.29) is 18.9 Å². The Labute approximate surface area is 262 Å². The van der Waals surface area contributed by atoms with Gasteiger partial charge in [-0.1, -0.05) is 115 Å². The largest absolute Gasteiger partial charge is 0.485 e. The van der Waals surface area contributed by atoms with Gasteiger partial charge in [0, 0.05) is 12.3 Å². The van der Waals surface area contributed by atoms with Crippen LogP contribution in [0.15, 0.2) is 127 Å². The van der Waals surface area contributed by atoms with Gasteiger partial charge in [0.15, 0.2) is 11.5 Å². The molecule has 1 atom stereocenters. The summed E-state index contributed by atoms with van der Waals surface area (Å²) >= 11 is 0. The van der Waals surface area contributed by atoms with E-state index >= 15 is 0 Å². The number of hydrogen-bond donors (Lipinski definition) is 2. The molecule has 7 nitrogen and oxygen atoms in total. The van der Waals surface area contributed by atoms with Crippen LogP contribution in [0.25, 0.3) is 11.1 Å². The SMILES string of the molecule is O=C(NC(Cc1ccc(OCc2ccccc2)c(OCc2ccccc2)c1)C(=O)O)OCC1c2ccccc2-c2ccccc21. The maximum absolute atomic E-state index is 12.9. The summed E-state index contributed by atoms with van der Waals surface area (Å²) in [5, 5.41) is 12.5. The van der Waals surface area contributed by atoms with Gasteiger partial charge in [-0.05, 0) is 51.1 Å². The predicted molar refractivity (Wildman–Crippen MR) is 171 cm³/mol. The van der Waals surface area contributed by atoms with Gasteiger partial charge in [-0.15, -0.1) is 0 Å². The fourth-order valence-electron chi connectivity index (χ4n) is 5.60. The Bertz CT molecular complexity index is 1730. The van der Waals surface area contributed by atoms with E-state index in [4.69, 9.17) is 14.2 Å². The number of nitrogens with one attached hydrogen (secondary N) is 1. The summed E-state index contributed by atoms with van der Waals surface area (Å²) in [6, 6.07) is 39.7. The summed E-state index contributed by atoms with van der Waals surface area (Å²) in [4.78, 5) is 25.1. The molecule has 0 saturated carbocycles. The number of ether oxygens (including phenoxy) is 3. The molecule has 0 saturated heterocycles. The van der Waals surface area contributed by atoms with E-state index in [1.807, 2.05) is 97.1 Å². The molecule has 0 fully saturated rings. The molecular weight excluding hydrogens is 566 g/mol. The average molecular weight is 600 g/mol. The van der Waals surface area contributed by atoms with Crippen LogP contribution < -0.4 is 14.8 Å². The molecule has 5 aromatic rings. The highest BCUT2D eigenvalue weighted by atomic mass is 16.5. The Morgan fingerprint density at radius 3 is 1.76 bits per heavy atom. The van der Waals surface area contributed by atoms with Crippen molar-refractivity contribution in [2.45, 2.75) is 31.6 Å². The molecule has 5 aromatic carbocycles. The minimum Gasteiger partial charge on any atom is -0.485 e. The summed E-state index contributed by atoms with van der Waals surface area (Å²) in [6.07, 6.45) is -0.757. The first kappa shape index (κ1) is 29.5. The number of carboxylic acids is 1. The number of rotatable bonds is 12. The molecule has 1 aliphatic carbocycles. The van der Waals surface area contributed by atoms with Gasteiger partial charge in [-0.2, -0.15) is 0 Å². The van der Waals surface area contributed by atoms with Crippen LogP contribution in [0.5, 0.6) is 11.5 Å². The number of carboxylic acid groups (broad SMARTS) is 1. The Hall–Kier alpha value is -5.56. The van der Waals surface area contributed by atoms with Crippen LogP contribution in [0, 0.1) is 0 Å². The standard InChI is InChI=1S/C38H33NO6/c40-37(41)34(39-38(42)45-25-33-31-17-9-7-15-29(31)30-16-8-10-18-32(30)33)21-28-19-20-35(43-23-26-11-3-1-4-12-26)36(22-28)44-24-27-13-5-2-6-14-27/h1-20,22,33-34H,21,23-25H2,(H,39,42)(H,40,41). The fraction of sp³-hybridized carbons (Fsp3) is 0.158. The van der Waals surface area contributed by atoms with Crippen molar-refractivity contribution in [3.63, 3.8) is 0 Å². The Balaban J connectivity index is 1.13. The molecule has 1 amide bonds. The molecule has 2 N–H and O–H groups in total. The number of aliphatic carboxylic acids is 1. The Morgan fingerprint density at radius 1 is 0.644 bits per heavy atom. The molecule has 7 heteroatoms. The van der Waals surface area contributed by atoms with Gasteiger partial charge >= 0.3 is 12.1 Å². The van der Waals surface area contributed by atoms with Crippen molar-refractivity contribution in [2.75, 3.05) is 6.61 Å². The van der Waals surface area contributed by atoms with Crippen LogP contribution in [-0.2, 0) is 29.2 Å². The second-order valence-corrected chi connectivity index (χ2v) is 10.9. The highest BCUT2D eigenvalue weighted by Gasteiger charge is 2.30. The third kappa shape index (κ3) is 7.16. The summed E-state index contributed by atoms with van der Waals surface area (Å²) in [5.74, 6) is -0.272. The number of carbonyl (C=O) groups is 2. The second-order valence-electron chi connectivity index (χ2n) is 10.9. The number of alkyl carbamates (subject to hydrolysis) is 1. The number of amides is 1. The van der Waals surface area contributed by atoms with Crippen molar-refractivity contribution in [1.29, 1.82) is 0 Å². The lowest BCUT2D eigenvalue weighted by atomic mass is 9.98. The Kier molecular flexibility index (Phi) is 9.06. The molecule has 1 unspecified atom stereocenters. The number of carbonyl (C=O) groups excluding carboxylic acids is 1. The highest BCUT2D eigenvalue weighted by Crippen LogP contribution is 2.44. The van der Waals surface area contributed by atoms with Gasteiger partial charge in [0.05, 0.1) is 0 Å². The quantitative estimate of drug-likeness (QED) is 0.155. The van der Waals surface area contributed by atoms with Crippen LogP contribution >= 0.6 is 0 Å². The predicted octanol–water partition coefficient (Wildman–Crippen LogP) is 7.38. The number of fused-ring (bicyclic) bond motifs is 3. The Morgan fingerprint density at radius 2 is 1.18 bits per heavy atom. The maximum Gasteiger partial charge on any atom is 0.407 e. The molecule has 0 bridgehead atoms. The van der Waals surface area contributed by atoms with E-state index in [1.165, 1.54) is 0 Å². The normalized spacial score (nSPS) is 12.4. The third-order valence-electron chi connectivity index (χ3n) is 7.86. The van der Waals surface area contributed by atoms with Gasteiger partial charge in [-0.25, -0.2) is 9.59 Å². The minimum absolute atomic E-state index is 0.0280. The second kappa shape index (κ2) is 13.8. The van der Waals surface area contributed by atoms with Gasteiger partial charge < -0.3 is 24.6 Å². The zero-order valence-electron chi connectivity index (χ0n) is 24.6. The lowest BCUT2D eigenvalue weighted by Gasteiger charge is -2.19. The molecule has 0 heterocycles. The summed E-state index contributed by atoms with van der Waals surface area (Å²) in [6.45, 7) is 0.756. The van der Waals surface area contributed by atoms with Crippen LogP contribution in [-0.4, -0.2) is 29.8 Å². The van der Waals surface area contributed by atoms with Crippen molar-refractivity contribution in [1.82, 2.24) is 5.32 Å². The molecule has 0 aliphatic heterocycles. The van der Waals surface area contributed by atoms with E-state index in [0.29, 0.717) is 30.3 Å². The topological polar surface area (TPSA) is 94.1 Å². The monoisotopic (exact) mass is 599 g/mol. The fourth-order valence-corrected chi connectivity index (χ4v) is 5.60. The number of benzene rings is 5. The lowest BCUT2D eigenvalue weighted by molar-refractivity contribution is -0.139. The van der Waals surface area contributed by atoms with Crippen molar-refractivity contribution < 1.29 is 28.9 Å². The van der Waals surface area contributed by atoms with Crippen LogP contribution in [0.2, 0.25) is 0 Å². The smallest absolute Gasteiger partial charge is 0.407 e. The van der Waals surface area contributed by atoms with E-state index in [9.17, 15) is 14.7 Å². The van der Waals surface area contributed by atoms with E-state index in [1.54, 1.807) is 18.2 Å². The molecule has 1 aliphatic rings. The average Bonchev–Trinajstić information content (AvgIpc) is 3.40. The molecule has 6 rings (SSSR count). The van der Waals surface area contributed by atoms with Crippen LogP contribution in [0.3, 0.4) is 0 Å². The van der Waals surface area contributed by atoms with E-state index < -0.39 is 18.1 Å². The highest BCUT2D eigenvalue weighted by molar-refractivity contribution is 5.81. The lowest BCUT2D eigenvalue weighted by Crippen LogP contribution is -2.42. The van der Waals surface area contributed by atoms with E-state index in [2.05, 4.69) is 17.4 Å². The zero-order valence-corrected chi connectivity index (χ0v) is 24.6. The van der Waals surface area contributed by atoms with Gasteiger partial charge in [0.2, 0.25) is 0 Å². The van der Waals surface area contributed by atoms with Gasteiger partial charge in [0.1, 0.15) is 25.9 Å². The zero-order chi connectivity index (χ0) is 31.0. The molecule has 45 heavy (non-hydrogen) atoms. The van der Waals surface area contributed by atoms with Gasteiger partial charge in [-0.3, -0.25) is 0 Å². The minimum atomic E-state index is -1.21. The van der Waals surface area contributed by atoms with Crippen molar-refractivity contribution in [2.24, 2.45) is 0 Å².